The molecule has 0 unspecified atom stereocenters. The van der Waals surface area contributed by atoms with Gasteiger partial charge in [0.15, 0.2) is 0 Å². The van der Waals surface area contributed by atoms with E-state index >= 15 is 0 Å². The molecular formula is C33H31N3O6. The number of nitrogens with zero attached hydrogens (tertiary/aromatic N) is 1. The zero-order valence-corrected chi connectivity index (χ0v) is 22.8. The van der Waals surface area contributed by atoms with Gasteiger partial charge in [-0.05, 0) is 53.1 Å². The largest absolute Gasteiger partial charge is 0.481 e. The fourth-order valence-electron chi connectivity index (χ4n) is 4.48. The fraction of sp³-hybridized carbons (Fsp3) is 0.152. The van der Waals surface area contributed by atoms with Crippen molar-refractivity contribution in [3.63, 3.8) is 0 Å². The van der Waals surface area contributed by atoms with Crippen LogP contribution in [-0.2, 0) is 11.3 Å². The van der Waals surface area contributed by atoms with Crippen LogP contribution in [0.3, 0.4) is 0 Å². The van der Waals surface area contributed by atoms with E-state index in [0.29, 0.717) is 17.8 Å². The van der Waals surface area contributed by atoms with E-state index in [4.69, 9.17) is 5.11 Å². The van der Waals surface area contributed by atoms with Gasteiger partial charge in [0.05, 0.1) is 12.0 Å². The number of benzene rings is 4. The molecule has 4 N–H and O–H groups in total. The molecule has 0 saturated heterocycles. The number of hydrogen-bond acceptors (Lipinski definition) is 4. The third-order valence-corrected chi connectivity index (χ3v) is 6.69. The van der Waals surface area contributed by atoms with Crippen LogP contribution in [-0.4, -0.2) is 52.1 Å². The van der Waals surface area contributed by atoms with Gasteiger partial charge < -0.3 is 25.7 Å². The number of carboxylic acid groups (broad SMARTS) is 2. The molecule has 0 atom stereocenters. The maximum Gasteiger partial charge on any atom is 0.335 e. The first-order valence-corrected chi connectivity index (χ1v) is 13.4. The molecule has 9 nitrogen and oxygen atoms in total. The summed E-state index contributed by atoms with van der Waals surface area (Å²) in [5.41, 5.74) is 3.82. The van der Waals surface area contributed by atoms with Crippen molar-refractivity contribution in [3.05, 3.63) is 137 Å². The highest BCUT2D eigenvalue weighted by Gasteiger charge is 2.23. The molecule has 0 aromatic heterocycles. The average Bonchev–Trinajstić information content (AvgIpc) is 3.00. The van der Waals surface area contributed by atoms with Gasteiger partial charge in [-0.3, -0.25) is 9.59 Å². The van der Waals surface area contributed by atoms with Crippen LogP contribution in [0.1, 0.15) is 49.7 Å². The number of urea groups is 1. The number of carbonyl (C=O) groups is 4. The third kappa shape index (κ3) is 8.28. The minimum Gasteiger partial charge on any atom is -0.481 e. The Morgan fingerprint density at radius 2 is 1.24 bits per heavy atom. The summed E-state index contributed by atoms with van der Waals surface area (Å²) in [6.07, 6.45) is -0.170. The summed E-state index contributed by atoms with van der Waals surface area (Å²) in [5.74, 6) is -2.56. The van der Waals surface area contributed by atoms with Crippen LogP contribution < -0.4 is 10.6 Å². The van der Waals surface area contributed by atoms with E-state index < -0.39 is 11.9 Å². The van der Waals surface area contributed by atoms with Gasteiger partial charge in [-0.25, -0.2) is 9.59 Å². The van der Waals surface area contributed by atoms with E-state index in [1.807, 2.05) is 60.7 Å². The second-order valence-electron chi connectivity index (χ2n) is 9.66. The molecule has 0 aliphatic carbocycles. The van der Waals surface area contributed by atoms with Crippen LogP contribution in [0.15, 0.2) is 109 Å². The Kier molecular flexibility index (Phi) is 10.0. The number of anilines is 1. The van der Waals surface area contributed by atoms with Gasteiger partial charge >= 0.3 is 18.0 Å². The van der Waals surface area contributed by atoms with Gasteiger partial charge in [0, 0.05) is 36.8 Å². The Morgan fingerprint density at radius 1 is 0.690 bits per heavy atom. The number of amides is 3. The number of carbonyl (C=O) groups excluding carboxylic acids is 2. The summed E-state index contributed by atoms with van der Waals surface area (Å²) in [5, 5.41) is 23.4. The monoisotopic (exact) mass is 565 g/mol. The molecule has 4 rings (SSSR count). The van der Waals surface area contributed by atoms with E-state index in [0.717, 1.165) is 16.7 Å². The van der Waals surface area contributed by atoms with Crippen LogP contribution in [0.4, 0.5) is 10.5 Å². The predicted octanol–water partition coefficient (Wildman–Crippen LogP) is 5.46. The van der Waals surface area contributed by atoms with Crippen molar-refractivity contribution < 1.29 is 29.4 Å². The van der Waals surface area contributed by atoms with E-state index in [1.165, 1.54) is 12.1 Å². The number of hydrogen-bond donors (Lipinski definition) is 4. The van der Waals surface area contributed by atoms with E-state index in [-0.39, 0.29) is 42.9 Å². The van der Waals surface area contributed by atoms with Crippen LogP contribution in [0.25, 0.3) is 0 Å². The maximum absolute atomic E-state index is 13.7. The lowest BCUT2D eigenvalue weighted by Crippen LogP contribution is -2.37. The standard InChI is InChI=1S/C33H31N3O6/c37-30(38)19-20-34-31(39)26-13-11-23(12-14-26)21-36(33(42)35-28-17-15-27(16-18-28)32(40)41)22-29(24-7-3-1-4-8-24)25-9-5-2-6-10-25/h1-18,29H,19-22H2,(H,34,39)(H,35,42)(H,37,38)(H,40,41). The molecule has 0 fully saturated rings. The minimum absolute atomic E-state index is 0.0255. The summed E-state index contributed by atoms with van der Waals surface area (Å²) in [4.78, 5) is 49.7. The first-order valence-electron chi connectivity index (χ1n) is 13.4. The zero-order chi connectivity index (χ0) is 29.9. The Balaban J connectivity index is 1.58. The molecule has 3 amide bonds. The molecule has 0 aliphatic rings. The summed E-state index contributed by atoms with van der Waals surface area (Å²) in [6, 6.07) is 32.2. The molecule has 214 valence electrons. The van der Waals surface area contributed by atoms with Crippen molar-refractivity contribution in [2.24, 2.45) is 0 Å². The fourth-order valence-corrected chi connectivity index (χ4v) is 4.48. The molecule has 0 saturated carbocycles. The van der Waals surface area contributed by atoms with Crippen molar-refractivity contribution in [2.75, 3.05) is 18.4 Å². The Labute approximate surface area is 243 Å². The van der Waals surface area contributed by atoms with Crippen LogP contribution >= 0.6 is 0 Å². The first-order chi connectivity index (χ1) is 20.3. The van der Waals surface area contributed by atoms with Crippen molar-refractivity contribution >= 4 is 29.6 Å². The molecule has 9 heteroatoms. The smallest absolute Gasteiger partial charge is 0.335 e. The number of aliphatic carboxylic acids is 1. The van der Waals surface area contributed by atoms with Gasteiger partial charge in [-0.2, -0.15) is 0 Å². The van der Waals surface area contributed by atoms with Gasteiger partial charge in [0.1, 0.15) is 0 Å². The summed E-state index contributed by atoms with van der Waals surface area (Å²) in [7, 11) is 0. The van der Waals surface area contributed by atoms with Crippen molar-refractivity contribution in [2.45, 2.75) is 18.9 Å². The van der Waals surface area contributed by atoms with Crippen LogP contribution in [0.2, 0.25) is 0 Å². The molecule has 0 radical (unpaired) electrons. The SMILES string of the molecule is O=C(O)CCNC(=O)c1ccc(CN(CC(c2ccccc2)c2ccccc2)C(=O)Nc2ccc(C(=O)O)cc2)cc1. The van der Waals surface area contributed by atoms with E-state index in [2.05, 4.69) is 10.6 Å². The Hall–Kier alpha value is -5.44. The topological polar surface area (TPSA) is 136 Å². The van der Waals surface area contributed by atoms with Gasteiger partial charge in [-0.15, -0.1) is 0 Å². The highest BCUT2D eigenvalue weighted by atomic mass is 16.4. The first kappa shape index (κ1) is 29.5. The molecule has 42 heavy (non-hydrogen) atoms. The van der Waals surface area contributed by atoms with Crippen LogP contribution in [0.5, 0.6) is 0 Å². The van der Waals surface area contributed by atoms with Crippen molar-refractivity contribution in [3.8, 4) is 0 Å². The molecule has 4 aromatic rings. The minimum atomic E-state index is -1.05. The predicted molar refractivity (Wildman–Crippen MR) is 159 cm³/mol. The number of aromatic carboxylic acids is 1. The Bertz CT molecular complexity index is 1470. The lowest BCUT2D eigenvalue weighted by molar-refractivity contribution is -0.136. The van der Waals surface area contributed by atoms with E-state index in [9.17, 15) is 24.3 Å². The molecule has 4 aromatic carbocycles. The summed E-state index contributed by atoms with van der Waals surface area (Å²) >= 11 is 0. The normalized spacial score (nSPS) is 10.6. The summed E-state index contributed by atoms with van der Waals surface area (Å²) in [6.45, 7) is 0.596. The summed E-state index contributed by atoms with van der Waals surface area (Å²) < 4.78 is 0. The maximum atomic E-state index is 13.7. The van der Waals surface area contributed by atoms with Crippen molar-refractivity contribution in [1.82, 2.24) is 10.2 Å². The average molecular weight is 566 g/mol. The molecule has 0 aliphatic heterocycles. The van der Waals surface area contributed by atoms with Gasteiger partial charge in [0.25, 0.3) is 5.91 Å². The van der Waals surface area contributed by atoms with Gasteiger partial charge in [0.2, 0.25) is 0 Å². The zero-order valence-electron chi connectivity index (χ0n) is 22.8. The number of nitrogens with one attached hydrogen (secondary N) is 2. The molecule has 0 heterocycles. The second kappa shape index (κ2) is 14.3. The lowest BCUT2D eigenvalue weighted by atomic mass is 9.90. The molecular weight excluding hydrogens is 534 g/mol. The molecule has 0 bridgehead atoms. The highest BCUT2D eigenvalue weighted by molar-refractivity contribution is 5.94. The third-order valence-electron chi connectivity index (χ3n) is 6.69. The quantitative estimate of drug-likeness (QED) is 0.180. The van der Waals surface area contributed by atoms with Gasteiger partial charge in [-0.1, -0.05) is 72.8 Å². The number of rotatable bonds is 12. The van der Waals surface area contributed by atoms with Crippen LogP contribution in [0, 0.1) is 0 Å². The highest BCUT2D eigenvalue weighted by Crippen LogP contribution is 2.27. The molecule has 0 spiro atoms. The second-order valence-corrected chi connectivity index (χ2v) is 9.66. The lowest BCUT2D eigenvalue weighted by Gasteiger charge is -2.29. The van der Waals surface area contributed by atoms with Crippen molar-refractivity contribution in [1.29, 1.82) is 0 Å². The van der Waals surface area contributed by atoms with E-state index in [1.54, 1.807) is 41.3 Å². The number of carboxylic acids is 2. The Morgan fingerprint density at radius 3 is 1.76 bits per heavy atom.